The van der Waals surface area contributed by atoms with Gasteiger partial charge in [0.15, 0.2) is 9.84 Å². The van der Waals surface area contributed by atoms with Crippen LogP contribution in [0.15, 0.2) is 59.9 Å². The van der Waals surface area contributed by atoms with Gasteiger partial charge in [-0.1, -0.05) is 17.7 Å². The number of aryl methyl sites for hydroxylation is 1. The SMILES string of the molecule is Cc1ncc(C(=O)N(Cc2ccc3ncc(N)nc3c2)c2cc(Cl)ccc2S(C)(=O)=O)cn1. The topological polar surface area (TPSA) is 132 Å². The van der Waals surface area contributed by atoms with Crippen LogP contribution in [0.3, 0.4) is 0 Å². The number of rotatable bonds is 5. The summed E-state index contributed by atoms with van der Waals surface area (Å²) in [7, 11) is -3.67. The number of aromatic nitrogens is 4. The number of nitrogens with two attached hydrogens (primary N) is 1. The van der Waals surface area contributed by atoms with Crippen LogP contribution in [-0.2, 0) is 16.4 Å². The second kappa shape index (κ2) is 8.72. The molecule has 0 aliphatic rings. The summed E-state index contributed by atoms with van der Waals surface area (Å²) in [5.74, 6) is 0.280. The van der Waals surface area contributed by atoms with Crippen LogP contribution in [0.5, 0.6) is 0 Å². The van der Waals surface area contributed by atoms with E-state index in [1.165, 1.54) is 41.7 Å². The van der Waals surface area contributed by atoms with E-state index in [0.717, 1.165) is 6.26 Å². The molecule has 2 aromatic heterocycles. The Bertz CT molecular complexity index is 1480. The number of benzene rings is 2. The van der Waals surface area contributed by atoms with Crippen LogP contribution in [0.4, 0.5) is 11.5 Å². The maximum absolute atomic E-state index is 13.5. The number of halogens is 1. The fourth-order valence-corrected chi connectivity index (χ4v) is 4.32. The second-order valence-electron chi connectivity index (χ2n) is 7.41. The van der Waals surface area contributed by atoms with Gasteiger partial charge in [-0.2, -0.15) is 0 Å². The molecule has 0 atom stereocenters. The fourth-order valence-electron chi connectivity index (χ4n) is 3.29. The van der Waals surface area contributed by atoms with E-state index in [1.54, 1.807) is 25.1 Å². The van der Waals surface area contributed by atoms with Crippen LogP contribution < -0.4 is 10.6 Å². The zero-order valence-corrected chi connectivity index (χ0v) is 19.3. The Morgan fingerprint density at radius 2 is 1.76 bits per heavy atom. The lowest BCUT2D eigenvalue weighted by Gasteiger charge is -2.25. The summed E-state index contributed by atoms with van der Waals surface area (Å²) < 4.78 is 25.0. The zero-order valence-electron chi connectivity index (χ0n) is 17.7. The number of sulfone groups is 1. The van der Waals surface area contributed by atoms with Gasteiger partial charge < -0.3 is 10.6 Å². The van der Waals surface area contributed by atoms with Gasteiger partial charge in [0.2, 0.25) is 0 Å². The average Bonchev–Trinajstić information content (AvgIpc) is 2.76. The summed E-state index contributed by atoms with van der Waals surface area (Å²) in [6, 6.07) is 9.58. The van der Waals surface area contributed by atoms with Crippen molar-refractivity contribution in [1.29, 1.82) is 0 Å². The molecule has 4 aromatic rings. The predicted molar refractivity (Wildman–Crippen MR) is 126 cm³/mol. The Kier molecular flexibility index (Phi) is 5.96. The van der Waals surface area contributed by atoms with Crippen LogP contribution in [0, 0.1) is 6.92 Å². The molecule has 11 heteroatoms. The lowest BCUT2D eigenvalue weighted by molar-refractivity contribution is 0.0984. The normalized spacial score (nSPS) is 11.5. The van der Waals surface area contributed by atoms with Crippen LogP contribution >= 0.6 is 11.6 Å². The quantitative estimate of drug-likeness (QED) is 0.458. The van der Waals surface area contributed by atoms with Gasteiger partial charge in [-0.25, -0.2) is 23.4 Å². The van der Waals surface area contributed by atoms with E-state index in [2.05, 4.69) is 19.9 Å². The van der Waals surface area contributed by atoms with Crippen molar-refractivity contribution >= 4 is 49.9 Å². The highest BCUT2D eigenvalue weighted by Crippen LogP contribution is 2.31. The Hall–Kier alpha value is -3.63. The lowest BCUT2D eigenvalue weighted by Crippen LogP contribution is -2.32. The maximum atomic E-state index is 13.5. The molecule has 0 saturated carbocycles. The van der Waals surface area contributed by atoms with Gasteiger partial charge in [0.25, 0.3) is 5.91 Å². The predicted octanol–water partition coefficient (Wildman–Crippen LogP) is 3.21. The number of hydrogen-bond donors (Lipinski definition) is 1. The molecule has 0 unspecified atom stereocenters. The second-order valence-corrected chi connectivity index (χ2v) is 9.83. The number of fused-ring (bicyclic) bond motifs is 1. The van der Waals surface area contributed by atoms with E-state index in [4.69, 9.17) is 17.3 Å². The molecule has 4 rings (SSSR count). The van der Waals surface area contributed by atoms with Crippen molar-refractivity contribution in [3.63, 3.8) is 0 Å². The van der Waals surface area contributed by atoms with Gasteiger partial charge in [0, 0.05) is 23.7 Å². The Labute approximate surface area is 195 Å². The van der Waals surface area contributed by atoms with Crippen molar-refractivity contribution in [1.82, 2.24) is 19.9 Å². The molecular weight excluding hydrogens is 464 g/mol. The molecule has 2 aromatic carbocycles. The summed E-state index contributed by atoms with van der Waals surface area (Å²) in [4.78, 5) is 31.5. The minimum Gasteiger partial charge on any atom is -0.382 e. The van der Waals surface area contributed by atoms with Crippen molar-refractivity contribution in [2.45, 2.75) is 18.4 Å². The number of hydrogen-bond acceptors (Lipinski definition) is 8. The average molecular weight is 483 g/mol. The van der Waals surface area contributed by atoms with Crippen LogP contribution in [0.2, 0.25) is 5.02 Å². The summed E-state index contributed by atoms with van der Waals surface area (Å²) in [5, 5.41) is 0.285. The Balaban J connectivity index is 1.86. The van der Waals surface area contributed by atoms with Crippen LogP contribution in [-0.4, -0.2) is 40.5 Å². The third kappa shape index (κ3) is 4.91. The summed E-state index contributed by atoms with van der Waals surface area (Å²) in [6.07, 6.45) is 5.33. The van der Waals surface area contributed by atoms with Gasteiger partial charge in [0.1, 0.15) is 11.6 Å². The molecule has 0 saturated heterocycles. The van der Waals surface area contributed by atoms with Crippen molar-refractivity contribution in [2.24, 2.45) is 0 Å². The maximum Gasteiger partial charge on any atom is 0.261 e. The first-order valence-electron chi connectivity index (χ1n) is 9.73. The number of nitrogen functional groups attached to an aromatic ring is 1. The molecule has 1 amide bonds. The lowest BCUT2D eigenvalue weighted by atomic mass is 10.1. The van der Waals surface area contributed by atoms with Gasteiger partial charge in [0.05, 0.1) is 39.9 Å². The molecule has 2 heterocycles. The van der Waals surface area contributed by atoms with E-state index < -0.39 is 15.7 Å². The summed E-state index contributed by atoms with van der Waals surface area (Å²) in [5.41, 5.74) is 7.97. The van der Waals surface area contributed by atoms with E-state index in [0.29, 0.717) is 22.4 Å². The Morgan fingerprint density at radius 3 is 2.45 bits per heavy atom. The van der Waals surface area contributed by atoms with Gasteiger partial charge in [-0.15, -0.1) is 0 Å². The zero-order chi connectivity index (χ0) is 23.8. The molecule has 9 nitrogen and oxygen atoms in total. The van der Waals surface area contributed by atoms with E-state index in [1.807, 2.05) is 0 Å². The molecule has 33 heavy (non-hydrogen) atoms. The third-order valence-electron chi connectivity index (χ3n) is 4.85. The third-order valence-corrected chi connectivity index (χ3v) is 6.23. The highest BCUT2D eigenvalue weighted by atomic mass is 35.5. The molecule has 0 radical (unpaired) electrons. The number of carbonyl (C=O) groups excluding carboxylic acids is 1. The fraction of sp³-hybridized carbons (Fsp3) is 0.136. The van der Waals surface area contributed by atoms with Crippen molar-refractivity contribution in [3.8, 4) is 0 Å². The smallest absolute Gasteiger partial charge is 0.261 e. The first-order valence-corrected chi connectivity index (χ1v) is 12.0. The number of anilines is 2. The van der Waals surface area contributed by atoms with E-state index in [9.17, 15) is 13.2 Å². The molecular formula is C22H19ClN6O3S. The molecule has 0 fully saturated rings. The molecule has 0 bridgehead atoms. The summed E-state index contributed by atoms with van der Waals surface area (Å²) >= 11 is 6.19. The number of carbonyl (C=O) groups is 1. The first-order chi connectivity index (χ1) is 15.6. The largest absolute Gasteiger partial charge is 0.382 e. The highest BCUT2D eigenvalue weighted by molar-refractivity contribution is 7.90. The van der Waals surface area contributed by atoms with Gasteiger partial charge >= 0.3 is 0 Å². The number of amides is 1. The minimum atomic E-state index is -3.67. The molecule has 0 aliphatic heterocycles. The van der Waals surface area contributed by atoms with Crippen molar-refractivity contribution < 1.29 is 13.2 Å². The van der Waals surface area contributed by atoms with Crippen molar-refractivity contribution in [3.05, 3.63) is 77.0 Å². The van der Waals surface area contributed by atoms with E-state index in [-0.39, 0.29) is 33.5 Å². The standard InChI is InChI=1S/C22H19ClN6O3S/c1-13-25-9-15(10-26-13)22(30)29(19-8-16(23)4-6-20(19)33(2,31)32)12-14-3-5-17-18(7-14)28-21(24)11-27-17/h3-11H,12H2,1-2H3,(H2,24,28). The molecule has 0 spiro atoms. The first kappa shape index (κ1) is 22.6. The molecule has 168 valence electrons. The van der Waals surface area contributed by atoms with Crippen LogP contribution in [0.25, 0.3) is 11.0 Å². The number of nitrogens with zero attached hydrogens (tertiary/aromatic N) is 5. The van der Waals surface area contributed by atoms with Crippen LogP contribution in [0.1, 0.15) is 21.7 Å². The monoisotopic (exact) mass is 482 g/mol. The van der Waals surface area contributed by atoms with E-state index >= 15 is 0 Å². The summed E-state index contributed by atoms with van der Waals surface area (Å²) in [6.45, 7) is 1.73. The highest BCUT2D eigenvalue weighted by Gasteiger charge is 2.25. The van der Waals surface area contributed by atoms with Gasteiger partial charge in [-0.05, 0) is 42.8 Å². The molecule has 0 aliphatic carbocycles. The minimum absolute atomic E-state index is 0.0295. The van der Waals surface area contributed by atoms with Gasteiger partial charge in [-0.3, -0.25) is 9.78 Å². The molecule has 2 N–H and O–H groups in total. The Morgan fingerprint density at radius 1 is 1.03 bits per heavy atom. The van der Waals surface area contributed by atoms with Crippen molar-refractivity contribution in [2.75, 3.05) is 16.9 Å².